The molecule has 0 amide bonds. The fourth-order valence-corrected chi connectivity index (χ4v) is 4.41. The Labute approximate surface area is 122 Å². The predicted octanol–water partition coefficient (Wildman–Crippen LogP) is 1.30. The molecule has 11 heteroatoms. The highest BCUT2D eigenvalue weighted by Gasteiger charge is 2.50. The van der Waals surface area contributed by atoms with E-state index in [2.05, 4.69) is 8.53 Å². The van der Waals surface area contributed by atoms with Crippen molar-refractivity contribution in [3.8, 4) is 0 Å². The van der Waals surface area contributed by atoms with Crippen LogP contribution in [0.5, 0.6) is 0 Å². The lowest BCUT2D eigenvalue weighted by Crippen LogP contribution is -2.29. The van der Waals surface area contributed by atoms with Gasteiger partial charge in [-0.1, -0.05) is 6.42 Å². The Morgan fingerprint density at radius 2 is 1.81 bits per heavy atom. The first kappa shape index (κ1) is 18.7. The van der Waals surface area contributed by atoms with Crippen molar-refractivity contribution < 1.29 is 33.6 Å². The van der Waals surface area contributed by atoms with Gasteiger partial charge in [-0.25, -0.2) is 0 Å². The van der Waals surface area contributed by atoms with Crippen molar-refractivity contribution in [3.63, 3.8) is 0 Å². The summed E-state index contributed by atoms with van der Waals surface area (Å²) in [7, 11) is -8.88. The van der Waals surface area contributed by atoms with Crippen molar-refractivity contribution in [2.75, 3.05) is 25.9 Å². The van der Waals surface area contributed by atoms with Crippen LogP contribution in [0, 0.1) is 5.92 Å². The van der Waals surface area contributed by atoms with E-state index in [9.17, 15) is 30.0 Å². The van der Waals surface area contributed by atoms with Crippen LogP contribution < -0.4 is 0 Å². The molecule has 0 bridgehead atoms. The highest BCUT2D eigenvalue weighted by atomic mass is 32.3. The monoisotopic (exact) mass is 353 g/mol. The smallest absolute Gasteiger partial charge is 0.306 e. The van der Waals surface area contributed by atoms with Crippen molar-refractivity contribution in [2.24, 2.45) is 5.92 Å². The summed E-state index contributed by atoms with van der Waals surface area (Å²) in [6, 6.07) is 0. The minimum absolute atomic E-state index is 0.0654. The van der Waals surface area contributed by atoms with Crippen LogP contribution in [0.1, 0.15) is 25.7 Å². The van der Waals surface area contributed by atoms with Gasteiger partial charge in [0.1, 0.15) is 0 Å². The average Bonchev–Trinajstić information content (AvgIpc) is 2.67. The third-order valence-electron chi connectivity index (χ3n) is 3.22. The minimum Gasteiger partial charge on any atom is -0.306 e. The number of unbranched alkanes of at least 4 members (excludes halogenated alkanes) is 1. The van der Waals surface area contributed by atoms with E-state index in [1.807, 2.05) is 7.05 Å². The molecule has 0 aromatic heterocycles. The zero-order chi connectivity index (χ0) is 16.3. The molecule has 0 aromatic rings. The van der Waals surface area contributed by atoms with Crippen LogP contribution in [-0.2, 0) is 23.9 Å². The molecule has 0 aromatic carbocycles. The summed E-state index contributed by atoms with van der Waals surface area (Å²) in [5, 5.41) is 0. The fraction of sp³-hybridized carbons (Fsp3) is 1.00. The van der Waals surface area contributed by atoms with E-state index in [1.165, 1.54) is 0 Å². The molecule has 1 heterocycles. The lowest BCUT2D eigenvalue weighted by molar-refractivity contribution is -0.0498. The summed E-state index contributed by atoms with van der Waals surface area (Å²) in [5.41, 5.74) is -5.74. The summed E-state index contributed by atoms with van der Waals surface area (Å²) in [4.78, 5) is 2.14. The maximum atomic E-state index is 12.0. The highest BCUT2D eigenvalue weighted by Crippen LogP contribution is 2.26. The molecule has 0 spiro atoms. The van der Waals surface area contributed by atoms with Gasteiger partial charge >= 0.3 is 15.6 Å². The second-order valence-electron chi connectivity index (χ2n) is 5.14. The van der Waals surface area contributed by atoms with Gasteiger partial charge in [-0.2, -0.15) is 30.0 Å². The molecule has 1 unspecified atom stereocenters. The molecule has 1 rings (SSSR count). The number of halogens is 3. The number of alkyl halides is 3. The quantitative estimate of drug-likeness (QED) is 0.507. The Morgan fingerprint density at radius 1 is 1.19 bits per heavy atom. The van der Waals surface area contributed by atoms with Gasteiger partial charge < -0.3 is 4.90 Å². The fourth-order valence-electron chi connectivity index (χ4n) is 2.18. The summed E-state index contributed by atoms with van der Waals surface area (Å²) in [5.74, 6) is -0.303. The van der Waals surface area contributed by atoms with E-state index >= 15 is 0 Å². The average molecular weight is 353 g/mol. The van der Waals surface area contributed by atoms with Crippen LogP contribution in [0.2, 0.25) is 0 Å². The van der Waals surface area contributed by atoms with Crippen LogP contribution in [0.3, 0.4) is 0 Å². The summed E-state index contributed by atoms with van der Waals surface area (Å²) < 4.78 is 83.0. The second kappa shape index (κ2) is 6.80. The van der Waals surface area contributed by atoms with Crippen molar-refractivity contribution in [3.05, 3.63) is 0 Å². The number of likely N-dealkylation sites (tertiary alicyclic amines) is 1. The summed E-state index contributed by atoms with van der Waals surface area (Å²) in [6.45, 7) is 1.88. The topological polar surface area (TPSA) is 80.8 Å². The molecule has 6 nitrogen and oxygen atoms in total. The van der Waals surface area contributed by atoms with E-state index in [-0.39, 0.29) is 6.42 Å². The van der Waals surface area contributed by atoms with E-state index in [0.717, 1.165) is 25.9 Å². The van der Waals surface area contributed by atoms with Crippen molar-refractivity contribution in [1.82, 2.24) is 4.90 Å². The Hall–Kier alpha value is -0.390. The summed E-state index contributed by atoms with van der Waals surface area (Å²) in [6.07, 6.45) is 2.32. The molecular weight excluding hydrogens is 335 g/mol. The first-order valence-corrected chi connectivity index (χ1v) is 9.35. The second-order valence-corrected chi connectivity index (χ2v) is 8.58. The van der Waals surface area contributed by atoms with Gasteiger partial charge in [0.05, 0.1) is 5.75 Å². The Morgan fingerprint density at radius 3 is 2.29 bits per heavy atom. The minimum atomic E-state index is -6.11. The van der Waals surface area contributed by atoms with Crippen LogP contribution in [0.4, 0.5) is 13.2 Å². The Bertz CT molecular complexity index is 544. The number of hydrogen-bond donors (Lipinski definition) is 0. The van der Waals surface area contributed by atoms with Crippen molar-refractivity contribution in [1.29, 1.82) is 0 Å². The van der Waals surface area contributed by atoms with E-state index in [4.69, 9.17) is 0 Å². The maximum Gasteiger partial charge on any atom is 0.524 e. The lowest BCUT2D eigenvalue weighted by atomic mass is 10.0. The lowest BCUT2D eigenvalue weighted by Gasteiger charge is -2.10. The summed E-state index contributed by atoms with van der Waals surface area (Å²) >= 11 is 0. The molecule has 0 aliphatic carbocycles. The van der Waals surface area contributed by atoms with Gasteiger partial charge in [-0.15, -0.1) is 3.63 Å². The zero-order valence-corrected chi connectivity index (χ0v) is 13.1. The van der Waals surface area contributed by atoms with Gasteiger partial charge in [0.25, 0.3) is 10.1 Å². The first-order valence-electron chi connectivity index (χ1n) is 6.36. The van der Waals surface area contributed by atoms with Gasteiger partial charge in [-0.3, -0.25) is 0 Å². The standard InChI is InChI=1S/C10H18F3NO5S2/c1-14-6-5-9(8-14)4-2-3-7-20(15,16)19-21(17,18)10(11,12)13/h9H,2-8H2,1H3. The number of nitrogens with zero attached hydrogens (tertiary/aromatic N) is 1. The molecule has 1 fully saturated rings. The van der Waals surface area contributed by atoms with E-state index < -0.39 is 31.5 Å². The van der Waals surface area contributed by atoms with Crippen LogP contribution in [-0.4, -0.2) is 53.1 Å². The largest absolute Gasteiger partial charge is 0.524 e. The number of hydrogen-bond acceptors (Lipinski definition) is 6. The third kappa shape index (κ3) is 6.09. The van der Waals surface area contributed by atoms with Crippen LogP contribution in [0.15, 0.2) is 0 Å². The molecule has 0 radical (unpaired) electrons. The Balaban J connectivity index is 2.37. The predicted molar refractivity (Wildman–Crippen MR) is 69.3 cm³/mol. The van der Waals surface area contributed by atoms with Gasteiger partial charge in [0, 0.05) is 6.54 Å². The zero-order valence-electron chi connectivity index (χ0n) is 11.5. The molecule has 21 heavy (non-hydrogen) atoms. The highest BCUT2D eigenvalue weighted by molar-refractivity contribution is 8.00. The van der Waals surface area contributed by atoms with Gasteiger partial charge in [0.15, 0.2) is 0 Å². The van der Waals surface area contributed by atoms with Crippen molar-refractivity contribution in [2.45, 2.75) is 31.2 Å². The van der Waals surface area contributed by atoms with Crippen LogP contribution in [0.25, 0.3) is 0 Å². The van der Waals surface area contributed by atoms with Crippen LogP contribution >= 0.6 is 0 Å². The molecule has 0 saturated carbocycles. The molecular formula is C10H18F3NO5S2. The number of rotatable bonds is 7. The molecule has 126 valence electrons. The normalized spacial score (nSPS) is 21.8. The first-order chi connectivity index (χ1) is 9.43. The maximum absolute atomic E-state index is 12.0. The van der Waals surface area contributed by atoms with Gasteiger partial charge in [-0.05, 0) is 38.8 Å². The molecule has 1 aliphatic rings. The van der Waals surface area contributed by atoms with Gasteiger partial charge in [0.2, 0.25) is 0 Å². The molecule has 1 atom stereocenters. The third-order valence-corrected chi connectivity index (χ3v) is 6.12. The Kier molecular flexibility index (Phi) is 6.04. The van der Waals surface area contributed by atoms with Crippen molar-refractivity contribution >= 4 is 20.2 Å². The molecule has 0 N–H and O–H groups in total. The molecule has 1 aliphatic heterocycles. The SMILES string of the molecule is CN1CCC(CCCCS(=O)(=O)OS(=O)(=O)C(F)(F)F)C1. The molecule has 1 saturated heterocycles. The van der Waals surface area contributed by atoms with E-state index in [0.29, 0.717) is 12.3 Å². The van der Waals surface area contributed by atoms with E-state index in [1.54, 1.807) is 0 Å².